The molecule has 6 nitrogen and oxygen atoms in total. The molecule has 0 aromatic rings. The first-order valence-corrected chi connectivity index (χ1v) is 8.69. The lowest BCUT2D eigenvalue weighted by Crippen LogP contribution is -2.43. The molecule has 0 radical (unpaired) electrons. The van der Waals surface area contributed by atoms with Crippen LogP contribution in [0.25, 0.3) is 0 Å². The van der Waals surface area contributed by atoms with E-state index < -0.39 is 15.4 Å². The number of nitrogens with zero attached hydrogens (tertiary/aromatic N) is 1. The van der Waals surface area contributed by atoms with Gasteiger partial charge in [0.25, 0.3) is 0 Å². The van der Waals surface area contributed by atoms with Crippen LogP contribution in [-0.2, 0) is 14.8 Å². The molecule has 0 aromatic carbocycles. The molecule has 0 rings (SSSR count). The van der Waals surface area contributed by atoms with Gasteiger partial charge in [-0.2, -0.15) is 5.26 Å². The van der Waals surface area contributed by atoms with Crippen LogP contribution in [0.15, 0.2) is 0 Å². The summed E-state index contributed by atoms with van der Waals surface area (Å²) in [6.45, 7) is 5.88. The van der Waals surface area contributed by atoms with E-state index in [9.17, 15) is 18.5 Å². The van der Waals surface area contributed by atoms with Crippen molar-refractivity contribution in [2.45, 2.75) is 46.5 Å². The van der Waals surface area contributed by atoms with Crippen LogP contribution >= 0.6 is 0 Å². The van der Waals surface area contributed by atoms with Crippen LogP contribution in [0.5, 0.6) is 0 Å². The smallest absolute Gasteiger partial charge is 0.240 e. The van der Waals surface area contributed by atoms with Gasteiger partial charge in [0.15, 0.2) is 0 Å². The van der Waals surface area contributed by atoms with Crippen LogP contribution in [0.4, 0.5) is 0 Å². The monoisotopic (exact) mass is 303 g/mol. The summed E-state index contributed by atoms with van der Waals surface area (Å²) in [5.74, 6) is -0.540. The Morgan fingerprint density at radius 3 is 2.15 bits per heavy atom. The third-order valence-corrected chi connectivity index (χ3v) is 4.49. The fraction of sp³-hybridized carbons (Fsp3) is 0.846. The van der Waals surface area contributed by atoms with Crippen molar-refractivity contribution in [3.63, 3.8) is 0 Å². The minimum atomic E-state index is -3.35. The number of nitrogens with one attached hydrogen (secondary N) is 2. The molecule has 116 valence electrons. The van der Waals surface area contributed by atoms with Gasteiger partial charge in [-0.1, -0.05) is 33.6 Å². The largest absolute Gasteiger partial charge is 0.354 e. The maximum absolute atomic E-state index is 12.2. The molecule has 0 aliphatic heterocycles. The van der Waals surface area contributed by atoms with E-state index in [4.69, 9.17) is 0 Å². The van der Waals surface area contributed by atoms with Crippen molar-refractivity contribution in [1.82, 2.24) is 10.0 Å². The molecule has 0 fully saturated rings. The number of sulfonamides is 1. The number of carbonyl (C=O) groups excluding carboxylic acids is 1. The molecular weight excluding hydrogens is 278 g/mol. The second-order valence-electron chi connectivity index (χ2n) is 4.77. The lowest BCUT2D eigenvalue weighted by molar-refractivity contribution is -0.128. The van der Waals surface area contributed by atoms with Gasteiger partial charge in [-0.25, -0.2) is 13.1 Å². The molecule has 0 bridgehead atoms. The minimum Gasteiger partial charge on any atom is -0.354 e. The highest BCUT2D eigenvalue weighted by atomic mass is 32.2. The zero-order valence-electron chi connectivity index (χ0n) is 12.5. The van der Waals surface area contributed by atoms with Crippen molar-refractivity contribution in [2.24, 2.45) is 5.41 Å². The quantitative estimate of drug-likeness (QED) is 0.632. The summed E-state index contributed by atoms with van der Waals surface area (Å²) < 4.78 is 25.3. The second-order valence-corrected chi connectivity index (χ2v) is 6.69. The fourth-order valence-corrected chi connectivity index (χ4v) is 3.08. The first-order chi connectivity index (χ1) is 9.37. The van der Waals surface area contributed by atoms with Crippen molar-refractivity contribution in [1.29, 1.82) is 5.26 Å². The standard InChI is InChI=1S/C13H25N3O3S/c1-4-7-13(11-14,8-5-2)12(17)15-9-10-20(18,19)16-6-3/h16H,4-10H2,1-3H3,(H,15,17). The molecule has 0 atom stereocenters. The van der Waals surface area contributed by atoms with Crippen LogP contribution in [-0.4, -0.2) is 33.2 Å². The Bertz CT molecular complexity index is 434. The van der Waals surface area contributed by atoms with E-state index in [0.717, 1.165) is 12.8 Å². The van der Waals surface area contributed by atoms with Crippen molar-refractivity contribution < 1.29 is 13.2 Å². The van der Waals surface area contributed by atoms with Crippen LogP contribution in [0.2, 0.25) is 0 Å². The summed E-state index contributed by atoms with van der Waals surface area (Å²) in [6.07, 6.45) is 2.44. The Morgan fingerprint density at radius 1 is 1.20 bits per heavy atom. The Balaban J connectivity index is 4.60. The third kappa shape index (κ3) is 5.88. The van der Waals surface area contributed by atoms with E-state index in [1.165, 1.54) is 0 Å². The van der Waals surface area contributed by atoms with Gasteiger partial charge in [0.2, 0.25) is 15.9 Å². The molecule has 0 saturated heterocycles. The molecular formula is C13H25N3O3S. The molecule has 0 aromatic heterocycles. The molecule has 1 amide bonds. The number of hydrogen-bond acceptors (Lipinski definition) is 4. The molecule has 2 N–H and O–H groups in total. The molecule has 0 heterocycles. The maximum atomic E-state index is 12.2. The SMILES string of the molecule is CCCC(C#N)(CCC)C(=O)NCCS(=O)(=O)NCC. The highest BCUT2D eigenvalue weighted by Crippen LogP contribution is 2.29. The number of nitriles is 1. The van der Waals surface area contributed by atoms with E-state index in [-0.39, 0.29) is 18.2 Å². The van der Waals surface area contributed by atoms with E-state index in [1.807, 2.05) is 13.8 Å². The van der Waals surface area contributed by atoms with E-state index >= 15 is 0 Å². The highest BCUT2D eigenvalue weighted by Gasteiger charge is 2.36. The summed E-state index contributed by atoms with van der Waals surface area (Å²) in [4.78, 5) is 12.2. The van der Waals surface area contributed by atoms with E-state index in [0.29, 0.717) is 19.4 Å². The minimum absolute atomic E-state index is 0.0189. The molecule has 0 aliphatic carbocycles. The maximum Gasteiger partial charge on any atom is 0.240 e. The summed E-state index contributed by atoms with van der Waals surface area (Å²) in [5, 5.41) is 11.9. The first kappa shape index (κ1) is 18.9. The highest BCUT2D eigenvalue weighted by molar-refractivity contribution is 7.89. The Hall–Kier alpha value is -1.13. The van der Waals surface area contributed by atoms with Crippen molar-refractivity contribution in [3.8, 4) is 6.07 Å². The predicted octanol–water partition coefficient (Wildman–Crippen LogP) is 1.15. The zero-order chi connectivity index (χ0) is 15.6. The number of rotatable bonds is 10. The fourth-order valence-electron chi connectivity index (χ4n) is 2.13. The van der Waals surface area contributed by atoms with Crippen molar-refractivity contribution in [3.05, 3.63) is 0 Å². The van der Waals surface area contributed by atoms with Crippen molar-refractivity contribution in [2.75, 3.05) is 18.8 Å². The summed E-state index contributed by atoms with van der Waals surface area (Å²) in [5.41, 5.74) is -1.04. The number of carbonyl (C=O) groups is 1. The average molecular weight is 303 g/mol. The van der Waals surface area contributed by atoms with Crippen LogP contribution < -0.4 is 10.0 Å². The first-order valence-electron chi connectivity index (χ1n) is 7.04. The summed E-state index contributed by atoms with van der Waals surface area (Å²) in [6, 6.07) is 2.11. The average Bonchev–Trinajstić information content (AvgIpc) is 2.37. The van der Waals surface area contributed by atoms with Crippen LogP contribution in [0.1, 0.15) is 46.5 Å². The predicted molar refractivity (Wildman–Crippen MR) is 78.3 cm³/mol. The van der Waals surface area contributed by atoms with E-state index in [2.05, 4.69) is 16.1 Å². The normalized spacial score (nSPS) is 11.9. The van der Waals surface area contributed by atoms with E-state index in [1.54, 1.807) is 6.92 Å². The molecule has 20 heavy (non-hydrogen) atoms. The Labute approximate surface area is 122 Å². The van der Waals surface area contributed by atoms with Crippen LogP contribution in [0, 0.1) is 16.7 Å². The number of hydrogen-bond donors (Lipinski definition) is 2. The van der Waals surface area contributed by atoms with Gasteiger partial charge in [0, 0.05) is 13.1 Å². The summed E-state index contributed by atoms with van der Waals surface area (Å²) >= 11 is 0. The van der Waals surface area contributed by atoms with Gasteiger partial charge in [-0.3, -0.25) is 4.79 Å². The third-order valence-electron chi connectivity index (χ3n) is 3.02. The van der Waals surface area contributed by atoms with Crippen molar-refractivity contribution >= 4 is 15.9 Å². The van der Waals surface area contributed by atoms with Gasteiger partial charge < -0.3 is 5.32 Å². The molecule has 7 heteroatoms. The molecule has 0 saturated carbocycles. The van der Waals surface area contributed by atoms with Gasteiger partial charge in [0.1, 0.15) is 5.41 Å². The zero-order valence-corrected chi connectivity index (χ0v) is 13.3. The number of amides is 1. The Morgan fingerprint density at radius 2 is 1.75 bits per heavy atom. The van der Waals surface area contributed by atoms with Crippen LogP contribution in [0.3, 0.4) is 0 Å². The summed E-state index contributed by atoms with van der Waals surface area (Å²) in [7, 11) is -3.35. The molecule has 0 unspecified atom stereocenters. The lowest BCUT2D eigenvalue weighted by atomic mass is 9.80. The van der Waals surface area contributed by atoms with Gasteiger partial charge in [-0.05, 0) is 12.8 Å². The second kappa shape index (κ2) is 8.93. The molecule has 0 aliphatic rings. The Kier molecular flexibility index (Phi) is 8.42. The van der Waals surface area contributed by atoms with Gasteiger partial charge >= 0.3 is 0 Å². The molecule has 0 spiro atoms. The van der Waals surface area contributed by atoms with Gasteiger partial charge in [0.05, 0.1) is 11.8 Å². The topological polar surface area (TPSA) is 99.1 Å². The van der Waals surface area contributed by atoms with Gasteiger partial charge in [-0.15, -0.1) is 0 Å². The lowest BCUT2D eigenvalue weighted by Gasteiger charge is -2.24.